The van der Waals surface area contributed by atoms with Crippen molar-refractivity contribution in [2.75, 3.05) is 13.1 Å². The second-order valence-corrected chi connectivity index (χ2v) is 4.96. The van der Waals surface area contributed by atoms with E-state index in [0.717, 1.165) is 0 Å². The number of nitrogens with zero attached hydrogens (tertiary/aromatic N) is 1. The second-order valence-electron chi connectivity index (χ2n) is 4.96. The van der Waals surface area contributed by atoms with E-state index in [1.54, 1.807) is 0 Å². The Balaban J connectivity index is 2.14. The largest absolute Gasteiger partial charge is 0.296 e. The summed E-state index contributed by atoms with van der Waals surface area (Å²) in [7, 11) is 0. The third-order valence-corrected chi connectivity index (χ3v) is 3.61. The van der Waals surface area contributed by atoms with Crippen molar-refractivity contribution in [2.24, 2.45) is 0 Å². The molecule has 1 fully saturated rings. The van der Waals surface area contributed by atoms with Crippen molar-refractivity contribution >= 4 is 0 Å². The molecule has 1 heterocycles. The Morgan fingerprint density at radius 1 is 1.12 bits per heavy atom. The average Bonchev–Trinajstić information content (AvgIpc) is 2.81. The summed E-state index contributed by atoms with van der Waals surface area (Å²) in [5.74, 6) is 0. The quantitative estimate of drug-likeness (QED) is 0.738. The first-order valence-electron chi connectivity index (χ1n) is 6.62. The van der Waals surface area contributed by atoms with Gasteiger partial charge in [-0.3, -0.25) is 4.90 Å². The van der Waals surface area contributed by atoms with Crippen LogP contribution >= 0.6 is 0 Å². The van der Waals surface area contributed by atoms with E-state index >= 15 is 0 Å². The van der Waals surface area contributed by atoms with Gasteiger partial charge >= 0.3 is 0 Å². The van der Waals surface area contributed by atoms with Gasteiger partial charge in [0.1, 0.15) is 0 Å². The summed E-state index contributed by atoms with van der Waals surface area (Å²) < 4.78 is 0. The highest BCUT2D eigenvalue weighted by Gasteiger charge is 2.22. The fourth-order valence-electron chi connectivity index (χ4n) is 2.68. The van der Waals surface area contributed by atoms with Crippen molar-refractivity contribution in [1.29, 1.82) is 0 Å². The first-order chi connectivity index (χ1) is 7.81. The van der Waals surface area contributed by atoms with Gasteiger partial charge in [-0.2, -0.15) is 0 Å². The van der Waals surface area contributed by atoms with E-state index in [1.165, 1.54) is 49.9 Å². The van der Waals surface area contributed by atoms with E-state index in [4.69, 9.17) is 0 Å². The van der Waals surface area contributed by atoms with E-state index in [9.17, 15) is 0 Å². The fourth-order valence-corrected chi connectivity index (χ4v) is 2.68. The molecule has 2 rings (SSSR count). The van der Waals surface area contributed by atoms with E-state index in [0.29, 0.717) is 6.04 Å². The van der Waals surface area contributed by atoms with Crippen molar-refractivity contribution in [1.82, 2.24) is 4.90 Å². The lowest BCUT2D eigenvalue weighted by Gasteiger charge is -2.27. The molecule has 0 amide bonds. The third-order valence-electron chi connectivity index (χ3n) is 3.61. The number of rotatable bonds is 4. The molecule has 88 valence electrons. The molecule has 16 heavy (non-hydrogen) atoms. The number of likely N-dealkylation sites (tertiary alicyclic amines) is 1. The molecular weight excluding hydrogens is 194 g/mol. The molecule has 1 aromatic rings. The van der Waals surface area contributed by atoms with Crippen molar-refractivity contribution in [3.8, 4) is 0 Å². The fraction of sp³-hybridized carbons (Fsp3) is 0.600. The van der Waals surface area contributed by atoms with E-state index in [-0.39, 0.29) is 0 Å². The maximum atomic E-state index is 2.66. The zero-order valence-electron chi connectivity index (χ0n) is 10.6. The highest BCUT2D eigenvalue weighted by molar-refractivity contribution is 5.24. The summed E-state index contributed by atoms with van der Waals surface area (Å²) in [5, 5.41) is 0. The Bertz CT molecular complexity index is 309. The lowest BCUT2D eigenvalue weighted by Crippen LogP contribution is -2.25. The van der Waals surface area contributed by atoms with Crippen LogP contribution in [0.4, 0.5) is 0 Å². The SMILES string of the molecule is CCCC(c1ccc(C)cc1)N1CCCC1. The molecule has 0 aliphatic carbocycles. The third kappa shape index (κ3) is 2.65. The minimum Gasteiger partial charge on any atom is -0.296 e. The molecule has 0 spiro atoms. The van der Waals surface area contributed by atoms with Crippen molar-refractivity contribution in [2.45, 2.75) is 45.6 Å². The zero-order valence-corrected chi connectivity index (χ0v) is 10.6. The molecule has 1 heteroatoms. The predicted octanol–water partition coefficient (Wildman–Crippen LogP) is 3.93. The predicted molar refractivity (Wildman–Crippen MR) is 69.6 cm³/mol. The van der Waals surface area contributed by atoms with Crippen LogP contribution in [0.25, 0.3) is 0 Å². The molecule has 0 N–H and O–H groups in total. The second kappa shape index (κ2) is 5.49. The molecule has 0 aromatic heterocycles. The van der Waals surface area contributed by atoms with Gasteiger partial charge in [-0.05, 0) is 44.8 Å². The molecule has 1 aromatic carbocycles. The van der Waals surface area contributed by atoms with Crippen molar-refractivity contribution in [3.05, 3.63) is 35.4 Å². The van der Waals surface area contributed by atoms with Crippen LogP contribution < -0.4 is 0 Å². The minimum atomic E-state index is 0.660. The van der Waals surface area contributed by atoms with Gasteiger partial charge in [0.05, 0.1) is 0 Å². The lowest BCUT2D eigenvalue weighted by molar-refractivity contribution is 0.232. The smallest absolute Gasteiger partial charge is 0.0348 e. The van der Waals surface area contributed by atoms with Crippen LogP contribution in [0.3, 0.4) is 0 Å². The summed E-state index contributed by atoms with van der Waals surface area (Å²) in [4.78, 5) is 2.66. The molecule has 0 saturated carbocycles. The van der Waals surface area contributed by atoms with Gasteiger partial charge in [0, 0.05) is 6.04 Å². The van der Waals surface area contributed by atoms with E-state index in [2.05, 4.69) is 43.0 Å². The number of aryl methyl sites for hydroxylation is 1. The normalized spacial score (nSPS) is 18.9. The molecule has 1 aliphatic heterocycles. The molecule has 1 saturated heterocycles. The van der Waals surface area contributed by atoms with Gasteiger partial charge in [0.15, 0.2) is 0 Å². The van der Waals surface area contributed by atoms with Gasteiger partial charge in [-0.15, -0.1) is 0 Å². The summed E-state index contributed by atoms with van der Waals surface area (Å²) in [6.07, 6.45) is 5.33. The minimum absolute atomic E-state index is 0.660. The van der Waals surface area contributed by atoms with Crippen LogP contribution in [0, 0.1) is 6.92 Å². The Kier molecular flexibility index (Phi) is 4.00. The number of hydrogen-bond acceptors (Lipinski definition) is 1. The van der Waals surface area contributed by atoms with Crippen molar-refractivity contribution < 1.29 is 0 Å². The van der Waals surface area contributed by atoms with Gasteiger partial charge in [-0.1, -0.05) is 43.2 Å². The van der Waals surface area contributed by atoms with Gasteiger partial charge in [0.2, 0.25) is 0 Å². The lowest BCUT2D eigenvalue weighted by atomic mass is 10.00. The average molecular weight is 217 g/mol. The van der Waals surface area contributed by atoms with Crippen LogP contribution in [-0.2, 0) is 0 Å². The van der Waals surface area contributed by atoms with Gasteiger partial charge in [-0.25, -0.2) is 0 Å². The van der Waals surface area contributed by atoms with Crippen LogP contribution in [0.2, 0.25) is 0 Å². The first kappa shape index (κ1) is 11.7. The standard InChI is InChI=1S/C15H23N/c1-3-6-15(16-11-4-5-12-16)14-9-7-13(2)8-10-14/h7-10,15H,3-6,11-12H2,1-2H3. The summed E-state index contributed by atoms with van der Waals surface area (Å²) in [6.45, 7) is 7.03. The van der Waals surface area contributed by atoms with E-state index in [1.807, 2.05) is 0 Å². The highest BCUT2D eigenvalue weighted by Crippen LogP contribution is 2.29. The number of benzene rings is 1. The molecular formula is C15H23N. The molecule has 0 bridgehead atoms. The number of hydrogen-bond donors (Lipinski definition) is 0. The zero-order chi connectivity index (χ0) is 11.4. The Hall–Kier alpha value is -0.820. The van der Waals surface area contributed by atoms with Crippen LogP contribution in [-0.4, -0.2) is 18.0 Å². The van der Waals surface area contributed by atoms with Crippen molar-refractivity contribution in [3.63, 3.8) is 0 Å². The van der Waals surface area contributed by atoms with Crippen LogP contribution in [0.15, 0.2) is 24.3 Å². The first-order valence-corrected chi connectivity index (χ1v) is 6.62. The van der Waals surface area contributed by atoms with Crippen LogP contribution in [0.1, 0.15) is 49.8 Å². The molecule has 1 atom stereocenters. The topological polar surface area (TPSA) is 3.24 Å². The monoisotopic (exact) mass is 217 g/mol. The summed E-state index contributed by atoms with van der Waals surface area (Å²) in [5.41, 5.74) is 2.87. The molecule has 1 aliphatic rings. The molecule has 1 unspecified atom stereocenters. The maximum Gasteiger partial charge on any atom is 0.0348 e. The molecule has 0 radical (unpaired) electrons. The highest BCUT2D eigenvalue weighted by atomic mass is 15.2. The van der Waals surface area contributed by atoms with Crippen LogP contribution in [0.5, 0.6) is 0 Å². The van der Waals surface area contributed by atoms with E-state index < -0.39 is 0 Å². The summed E-state index contributed by atoms with van der Waals surface area (Å²) >= 11 is 0. The maximum absolute atomic E-state index is 2.66. The Morgan fingerprint density at radius 3 is 2.31 bits per heavy atom. The van der Waals surface area contributed by atoms with Gasteiger partial charge < -0.3 is 0 Å². The van der Waals surface area contributed by atoms with Gasteiger partial charge in [0.25, 0.3) is 0 Å². The Morgan fingerprint density at radius 2 is 1.75 bits per heavy atom. The Labute approximate surface area is 99.5 Å². The molecule has 1 nitrogen and oxygen atoms in total. The summed E-state index contributed by atoms with van der Waals surface area (Å²) in [6, 6.07) is 9.78.